The van der Waals surface area contributed by atoms with E-state index in [0.29, 0.717) is 12.8 Å². The molecule has 404 valence electrons. The average Bonchev–Trinajstić information content (AvgIpc) is 3.34. The number of esters is 2. The lowest BCUT2D eigenvalue weighted by atomic mass is 9.98. The van der Waals surface area contributed by atoms with Crippen molar-refractivity contribution in [2.45, 2.75) is 280 Å². The number of hydrogen-bond acceptors (Lipinski definition) is 15. The molecule has 2 aliphatic rings. The van der Waals surface area contributed by atoms with E-state index in [1.807, 2.05) is 0 Å². The lowest BCUT2D eigenvalue weighted by Gasteiger charge is -2.42. The Hall–Kier alpha value is -2.02. The number of ether oxygens (including phenoxy) is 6. The van der Waals surface area contributed by atoms with E-state index >= 15 is 0 Å². The van der Waals surface area contributed by atoms with Crippen LogP contribution in [0.5, 0.6) is 0 Å². The van der Waals surface area contributed by atoms with Gasteiger partial charge in [0.2, 0.25) is 0 Å². The molecule has 15 nitrogen and oxygen atoms in total. The molecule has 0 aromatic rings. The average molecular weight is 987 g/mol. The third kappa shape index (κ3) is 29.3. The summed E-state index contributed by atoms with van der Waals surface area (Å²) in [4.78, 5) is 25.8. The van der Waals surface area contributed by atoms with Gasteiger partial charge in [-0.25, -0.2) is 0 Å². The second-order valence-electron chi connectivity index (χ2n) is 19.4. The minimum absolute atomic E-state index is 0.159. The van der Waals surface area contributed by atoms with Crippen molar-refractivity contribution in [2.24, 2.45) is 0 Å². The summed E-state index contributed by atoms with van der Waals surface area (Å²) in [5.41, 5.74) is 0. The molecule has 4 unspecified atom stereocenters. The zero-order chi connectivity index (χ0) is 50.3. The maximum absolute atomic E-state index is 13.0. The summed E-state index contributed by atoms with van der Waals surface area (Å²) in [5, 5.41) is 72.2. The van der Waals surface area contributed by atoms with Gasteiger partial charge in [-0.1, -0.05) is 179 Å². The van der Waals surface area contributed by atoms with E-state index in [1.54, 1.807) is 0 Å². The van der Waals surface area contributed by atoms with E-state index in [4.69, 9.17) is 28.4 Å². The second kappa shape index (κ2) is 41.5. The molecule has 0 spiro atoms. The number of unbranched alkanes of at least 4 members (excludes halogenated alkanes) is 25. The number of hydrogen-bond donors (Lipinski definition) is 7. The Morgan fingerprint density at radius 3 is 1.38 bits per heavy atom. The van der Waals surface area contributed by atoms with Crippen molar-refractivity contribution in [2.75, 3.05) is 26.4 Å². The van der Waals surface area contributed by atoms with Gasteiger partial charge in [0, 0.05) is 12.8 Å². The Morgan fingerprint density at radius 1 is 0.464 bits per heavy atom. The van der Waals surface area contributed by atoms with Crippen LogP contribution in [0.3, 0.4) is 0 Å². The zero-order valence-corrected chi connectivity index (χ0v) is 42.8. The molecule has 2 saturated heterocycles. The summed E-state index contributed by atoms with van der Waals surface area (Å²) in [6.45, 7) is 2.59. The molecule has 0 amide bonds. The Bertz CT molecular complexity index is 1300. The van der Waals surface area contributed by atoms with Crippen molar-refractivity contribution in [3.05, 3.63) is 24.3 Å². The molecule has 0 bridgehead atoms. The Labute approximate surface area is 415 Å². The molecule has 69 heavy (non-hydrogen) atoms. The van der Waals surface area contributed by atoms with Gasteiger partial charge in [0.15, 0.2) is 18.7 Å². The van der Waals surface area contributed by atoms with E-state index in [-0.39, 0.29) is 26.1 Å². The highest BCUT2D eigenvalue weighted by Gasteiger charge is 2.47. The summed E-state index contributed by atoms with van der Waals surface area (Å²) in [6.07, 6.45) is 26.2. The fraction of sp³-hybridized carbons (Fsp3) is 0.889. The molecule has 15 heteroatoms. The van der Waals surface area contributed by atoms with Gasteiger partial charge in [0.05, 0.1) is 19.8 Å². The van der Waals surface area contributed by atoms with Crippen LogP contribution in [0.25, 0.3) is 0 Å². The summed E-state index contributed by atoms with van der Waals surface area (Å²) in [7, 11) is 0. The quantitative estimate of drug-likeness (QED) is 0.0173. The van der Waals surface area contributed by atoms with E-state index in [9.17, 15) is 45.3 Å². The van der Waals surface area contributed by atoms with Crippen LogP contribution in [0.4, 0.5) is 0 Å². The fourth-order valence-corrected chi connectivity index (χ4v) is 8.66. The Balaban J connectivity index is 1.78. The number of rotatable bonds is 43. The lowest BCUT2D eigenvalue weighted by molar-refractivity contribution is -0.332. The number of carbonyl (C=O) groups is 2. The first-order valence-electron chi connectivity index (χ1n) is 27.4. The summed E-state index contributed by atoms with van der Waals surface area (Å²) in [5.74, 6) is -0.924. The van der Waals surface area contributed by atoms with Crippen LogP contribution >= 0.6 is 0 Å². The molecule has 2 heterocycles. The molecule has 0 aromatic carbocycles. The van der Waals surface area contributed by atoms with Gasteiger partial charge in [-0.2, -0.15) is 0 Å². The van der Waals surface area contributed by atoms with Crippen LogP contribution in [0, 0.1) is 0 Å². The SMILES string of the molecule is CCCCC/C=C/C/C=C/CCCCCCCCCC(=O)O[C@@H](COC(=O)CCCCCCCCCCCCCCCCCC)CO[C@@H]1O[C@H](CO[C@@H]2O[C@H](CO)[C@H](O)C(O)C2O)[C@H](O)C(O)C1O. The summed E-state index contributed by atoms with van der Waals surface area (Å²) >= 11 is 0. The van der Waals surface area contributed by atoms with Gasteiger partial charge in [-0.15, -0.1) is 0 Å². The smallest absolute Gasteiger partial charge is 0.306 e. The number of allylic oxidation sites excluding steroid dienone is 4. The van der Waals surface area contributed by atoms with E-state index in [2.05, 4.69) is 38.2 Å². The summed E-state index contributed by atoms with van der Waals surface area (Å²) < 4.78 is 33.6. The van der Waals surface area contributed by atoms with Crippen LogP contribution in [-0.4, -0.2) is 142 Å². The third-order valence-corrected chi connectivity index (χ3v) is 13.2. The third-order valence-electron chi connectivity index (χ3n) is 13.2. The lowest BCUT2D eigenvalue weighted by Crippen LogP contribution is -2.61. The van der Waals surface area contributed by atoms with Crippen molar-refractivity contribution in [3.63, 3.8) is 0 Å². The van der Waals surface area contributed by atoms with Gasteiger partial charge in [-0.05, 0) is 44.9 Å². The predicted octanol–water partition coefficient (Wildman–Crippen LogP) is 8.33. The Morgan fingerprint density at radius 2 is 0.870 bits per heavy atom. The molecule has 2 rings (SSSR count). The van der Waals surface area contributed by atoms with E-state index < -0.39 is 92.7 Å². The van der Waals surface area contributed by atoms with Crippen LogP contribution in [0.1, 0.15) is 213 Å². The van der Waals surface area contributed by atoms with Gasteiger partial charge < -0.3 is 64.2 Å². The molecule has 0 saturated carbocycles. The van der Waals surface area contributed by atoms with Gasteiger partial charge in [-0.3, -0.25) is 9.59 Å². The molecule has 2 aliphatic heterocycles. The number of carbonyl (C=O) groups excluding carboxylic acids is 2. The standard InChI is InChI=1S/C54H98O15/c1-3-5-7-9-11-13-15-17-19-21-23-25-27-29-31-33-35-37-46(57)67-42(39-64-45(56)36-34-32-30-28-26-24-22-20-18-16-14-12-10-8-6-4-2)40-65-53-52(63)50(61)48(59)44(69-53)41-66-54-51(62)49(60)47(58)43(38-55)68-54/h11,13,17,19,42-44,47-55,58-63H,3-10,12,14-16,18,20-41H2,1-2H3/b13-11+,19-17+/t42-,43+,44+,47-,48-,49?,50?,51?,52?,53+,54+/m0/s1. The molecule has 11 atom stereocenters. The topological polar surface area (TPSA) is 231 Å². The maximum atomic E-state index is 13.0. The van der Waals surface area contributed by atoms with E-state index in [1.165, 1.54) is 109 Å². The first-order valence-corrected chi connectivity index (χ1v) is 27.4. The molecule has 0 aliphatic carbocycles. The highest BCUT2D eigenvalue weighted by molar-refractivity contribution is 5.70. The molecule has 7 N–H and O–H groups in total. The van der Waals surface area contributed by atoms with Crippen molar-refractivity contribution in [1.29, 1.82) is 0 Å². The van der Waals surface area contributed by atoms with Crippen molar-refractivity contribution in [1.82, 2.24) is 0 Å². The molecule has 0 aromatic heterocycles. The van der Waals surface area contributed by atoms with Gasteiger partial charge >= 0.3 is 11.9 Å². The van der Waals surface area contributed by atoms with Crippen LogP contribution in [0.2, 0.25) is 0 Å². The first kappa shape index (κ1) is 63.1. The highest BCUT2D eigenvalue weighted by atomic mass is 16.7. The van der Waals surface area contributed by atoms with Gasteiger partial charge in [0.1, 0.15) is 55.4 Å². The normalized spacial score (nSPS) is 25.7. The number of aliphatic hydroxyl groups is 7. The maximum Gasteiger partial charge on any atom is 0.306 e. The molecule has 2 fully saturated rings. The van der Waals surface area contributed by atoms with E-state index in [0.717, 1.165) is 64.2 Å². The van der Waals surface area contributed by atoms with Gasteiger partial charge in [0.25, 0.3) is 0 Å². The Kier molecular flexibility index (Phi) is 37.9. The fourth-order valence-electron chi connectivity index (χ4n) is 8.66. The predicted molar refractivity (Wildman–Crippen MR) is 266 cm³/mol. The number of aliphatic hydroxyl groups excluding tert-OH is 7. The molecular formula is C54H98O15. The van der Waals surface area contributed by atoms with Crippen LogP contribution in [0.15, 0.2) is 24.3 Å². The molecular weight excluding hydrogens is 889 g/mol. The minimum Gasteiger partial charge on any atom is -0.462 e. The zero-order valence-electron chi connectivity index (χ0n) is 42.8. The van der Waals surface area contributed by atoms with Crippen molar-refractivity contribution >= 4 is 11.9 Å². The van der Waals surface area contributed by atoms with Crippen molar-refractivity contribution in [3.8, 4) is 0 Å². The highest BCUT2D eigenvalue weighted by Crippen LogP contribution is 2.27. The van der Waals surface area contributed by atoms with Crippen LogP contribution < -0.4 is 0 Å². The minimum atomic E-state index is -1.76. The van der Waals surface area contributed by atoms with Crippen molar-refractivity contribution < 1.29 is 73.8 Å². The second-order valence-corrected chi connectivity index (χ2v) is 19.4. The summed E-state index contributed by atoms with van der Waals surface area (Å²) in [6, 6.07) is 0. The van der Waals surface area contributed by atoms with Crippen LogP contribution in [-0.2, 0) is 38.0 Å². The molecule has 0 radical (unpaired) electrons. The largest absolute Gasteiger partial charge is 0.462 e. The first-order chi connectivity index (χ1) is 33.5. The monoisotopic (exact) mass is 987 g/mol.